The molecule has 0 aromatic carbocycles. The average molecular weight is 269 g/mol. The minimum atomic E-state index is -0.960. The summed E-state index contributed by atoms with van der Waals surface area (Å²) in [7, 11) is 0. The van der Waals surface area contributed by atoms with Crippen molar-refractivity contribution in [1.82, 2.24) is 15.1 Å². The van der Waals surface area contributed by atoms with E-state index in [-0.39, 0.29) is 0 Å². The highest BCUT2D eigenvalue weighted by molar-refractivity contribution is 5.97. The number of amides is 1. The number of carbonyl (C=O) groups is 1. The van der Waals surface area contributed by atoms with Crippen molar-refractivity contribution in [3.8, 4) is 0 Å². The van der Waals surface area contributed by atoms with Gasteiger partial charge in [0.15, 0.2) is 0 Å². The number of piperidine rings is 1. The summed E-state index contributed by atoms with van der Waals surface area (Å²) in [5.74, 6) is -1.51. The molecule has 1 amide bonds. The van der Waals surface area contributed by atoms with Crippen LogP contribution < -0.4 is 0 Å². The van der Waals surface area contributed by atoms with Gasteiger partial charge in [-0.1, -0.05) is 5.10 Å². The van der Waals surface area contributed by atoms with Gasteiger partial charge < -0.3 is 15.0 Å². The van der Waals surface area contributed by atoms with Gasteiger partial charge >= 0.3 is 11.5 Å². The van der Waals surface area contributed by atoms with Crippen molar-refractivity contribution in [1.29, 1.82) is 0 Å². The molecule has 0 saturated carbocycles. The van der Waals surface area contributed by atoms with Gasteiger partial charge in [0.1, 0.15) is 0 Å². The molecular formula is C9H11N5O5. The zero-order valence-corrected chi connectivity index (χ0v) is 9.87. The van der Waals surface area contributed by atoms with Gasteiger partial charge in [0.2, 0.25) is 0 Å². The van der Waals surface area contributed by atoms with Gasteiger partial charge in [0.25, 0.3) is 11.6 Å². The topological polar surface area (TPSA) is 135 Å². The van der Waals surface area contributed by atoms with Crippen LogP contribution in [0.3, 0.4) is 0 Å². The van der Waals surface area contributed by atoms with Crippen molar-refractivity contribution >= 4 is 17.4 Å². The third-order valence-corrected chi connectivity index (χ3v) is 2.93. The minimum absolute atomic E-state index is 0.483. The summed E-state index contributed by atoms with van der Waals surface area (Å²) in [5, 5.41) is 26.9. The average Bonchev–Trinajstić information content (AvgIpc) is 2.83. The number of rotatable bonds is 3. The summed E-state index contributed by atoms with van der Waals surface area (Å²) in [5.41, 5.74) is -1.38. The van der Waals surface area contributed by atoms with Gasteiger partial charge in [0.05, 0.1) is 4.92 Å². The zero-order valence-electron chi connectivity index (χ0n) is 9.87. The molecule has 0 radical (unpaired) electrons. The SMILES string of the molecule is O=C(c1n[nH]c([N+](=O)[O-])c1[N+](=O)[O-])N1CCCCC1. The largest absolute Gasteiger partial charge is 0.422 e. The first-order chi connectivity index (χ1) is 9.02. The number of nitro groups is 2. The van der Waals surface area contributed by atoms with E-state index in [4.69, 9.17) is 0 Å². The molecule has 0 atom stereocenters. The lowest BCUT2D eigenvalue weighted by atomic mass is 10.1. The summed E-state index contributed by atoms with van der Waals surface area (Å²) in [6.07, 6.45) is 2.62. The van der Waals surface area contributed by atoms with Crippen LogP contribution in [0.5, 0.6) is 0 Å². The van der Waals surface area contributed by atoms with Crippen molar-refractivity contribution in [2.45, 2.75) is 19.3 Å². The lowest BCUT2D eigenvalue weighted by molar-refractivity contribution is -0.424. The smallest absolute Gasteiger partial charge is 0.358 e. The van der Waals surface area contributed by atoms with Crippen LogP contribution in [-0.4, -0.2) is 43.9 Å². The second-order valence-corrected chi connectivity index (χ2v) is 4.14. The number of H-pyrrole nitrogens is 1. The third kappa shape index (κ3) is 2.37. The molecule has 10 heteroatoms. The van der Waals surface area contributed by atoms with Gasteiger partial charge in [-0.25, -0.2) is 0 Å². The molecule has 0 spiro atoms. The number of likely N-dealkylation sites (tertiary alicyclic amines) is 1. The molecule has 1 fully saturated rings. The van der Waals surface area contributed by atoms with Crippen LogP contribution in [0.25, 0.3) is 0 Å². The van der Waals surface area contributed by atoms with Crippen molar-refractivity contribution in [3.63, 3.8) is 0 Å². The maximum Gasteiger partial charge on any atom is 0.422 e. The molecule has 0 unspecified atom stereocenters. The Morgan fingerprint density at radius 1 is 1.16 bits per heavy atom. The fraction of sp³-hybridized carbons (Fsp3) is 0.556. The molecule has 2 rings (SSSR count). The fourth-order valence-electron chi connectivity index (χ4n) is 2.02. The predicted octanol–water partition coefficient (Wildman–Crippen LogP) is 0.852. The number of carbonyl (C=O) groups excluding carboxylic acids is 1. The normalized spacial score (nSPS) is 15.3. The van der Waals surface area contributed by atoms with Gasteiger partial charge in [-0.3, -0.25) is 14.9 Å². The lowest BCUT2D eigenvalue weighted by Gasteiger charge is -2.25. The van der Waals surface area contributed by atoms with Gasteiger partial charge in [-0.05, 0) is 24.2 Å². The molecule has 1 aromatic rings. The summed E-state index contributed by atoms with van der Waals surface area (Å²) in [6, 6.07) is 0. The Bertz CT molecular complexity index is 533. The van der Waals surface area contributed by atoms with E-state index in [0.29, 0.717) is 13.1 Å². The summed E-state index contributed by atoms with van der Waals surface area (Å²) >= 11 is 0. The van der Waals surface area contributed by atoms with Gasteiger partial charge in [0, 0.05) is 13.1 Å². The molecule has 1 N–H and O–H groups in total. The Kier molecular flexibility index (Phi) is 3.40. The molecule has 1 aliphatic heterocycles. The van der Waals surface area contributed by atoms with E-state index < -0.39 is 33.0 Å². The Morgan fingerprint density at radius 2 is 1.79 bits per heavy atom. The Hall–Kier alpha value is -2.52. The summed E-state index contributed by atoms with van der Waals surface area (Å²) < 4.78 is 0. The number of hydrogen-bond acceptors (Lipinski definition) is 6. The highest BCUT2D eigenvalue weighted by Crippen LogP contribution is 2.29. The Balaban J connectivity index is 2.36. The monoisotopic (exact) mass is 269 g/mol. The first-order valence-corrected chi connectivity index (χ1v) is 5.68. The van der Waals surface area contributed by atoms with Crippen molar-refractivity contribution < 1.29 is 14.6 Å². The van der Waals surface area contributed by atoms with E-state index in [9.17, 15) is 25.0 Å². The first kappa shape index (κ1) is 12.9. The standard InChI is InChI=1S/C9H11N5O5/c15-9(12-4-2-1-3-5-12)6-7(13(16)17)8(11-10-6)14(18)19/h1-5H2,(H,10,11). The molecule has 0 bridgehead atoms. The van der Waals surface area contributed by atoms with E-state index in [0.717, 1.165) is 19.3 Å². The second-order valence-electron chi connectivity index (χ2n) is 4.14. The van der Waals surface area contributed by atoms with E-state index in [1.165, 1.54) is 4.90 Å². The highest BCUT2D eigenvalue weighted by atomic mass is 16.6. The predicted molar refractivity (Wildman–Crippen MR) is 61.7 cm³/mol. The third-order valence-electron chi connectivity index (χ3n) is 2.93. The number of aromatic amines is 1. The van der Waals surface area contributed by atoms with E-state index in [1.54, 1.807) is 0 Å². The van der Waals surface area contributed by atoms with E-state index >= 15 is 0 Å². The molecule has 1 saturated heterocycles. The van der Waals surface area contributed by atoms with Crippen molar-refractivity contribution in [2.24, 2.45) is 0 Å². The first-order valence-electron chi connectivity index (χ1n) is 5.68. The van der Waals surface area contributed by atoms with E-state index in [1.807, 2.05) is 5.10 Å². The van der Waals surface area contributed by atoms with Gasteiger partial charge in [-0.15, -0.1) is 5.10 Å². The maximum atomic E-state index is 12.1. The molecule has 0 aliphatic carbocycles. The van der Waals surface area contributed by atoms with Gasteiger partial charge in [-0.2, -0.15) is 0 Å². The van der Waals surface area contributed by atoms with Crippen LogP contribution in [0.2, 0.25) is 0 Å². The molecule has 1 aromatic heterocycles. The second kappa shape index (κ2) is 5.00. The number of nitrogens with one attached hydrogen (secondary N) is 1. The molecule has 10 nitrogen and oxygen atoms in total. The fourth-order valence-corrected chi connectivity index (χ4v) is 2.02. The molecule has 102 valence electrons. The van der Waals surface area contributed by atoms with Crippen LogP contribution in [-0.2, 0) is 0 Å². The Labute approximate surface area is 106 Å². The summed E-state index contributed by atoms with van der Waals surface area (Å²) in [4.78, 5) is 33.1. The van der Waals surface area contributed by atoms with E-state index in [2.05, 4.69) is 5.10 Å². The Morgan fingerprint density at radius 3 is 2.32 bits per heavy atom. The molecule has 2 heterocycles. The van der Waals surface area contributed by atoms with Crippen LogP contribution in [0.15, 0.2) is 0 Å². The van der Waals surface area contributed by atoms with Crippen LogP contribution in [0.1, 0.15) is 29.8 Å². The van der Waals surface area contributed by atoms with Crippen LogP contribution >= 0.6 is 0 Å². The quantitative estimate of drug-likeness (QED) is 0.638. The molecule has 1 aliphatic rings. The van der Waals surface area contributed by atoms with Crippen molar-refractivity contribution in [2.75, 3.05) is 13.1 Å². The number of nitrogens with zero attached hydrogens (tertiary/aromatic N) is 4. The summed E-state index contributed by atoms with van der Waals surface area (Å²) in [6.45, 7) is 0.966. The van der Waals surface area contributed by atoms with Crippen LogP contribution in [0, 0.1) is 20.2 Å². The highest BCUT2D eigenvalue weighted by Gasteiger charge is 2.38. The molecular weight excluding hydrogens is 258 g/mol. The van der Waals surface area contributed by atoms with Crippen molar-refractivity contribution in [3.05, 3.63) is 25.9 Å². The minimum Gasteiger partial charge on any atom is -0.358 e. The van der Waals surface area contributed by atoms with Crippen LogP contribution in [0.4, 0.5) is 11.5 Å². The zero-order chi connectivity index (χ0) is 14.0. The maximum absolute atomic E-state index is 12.1. The molecule has 19 heavy (non-hydrogen) atoms. The number of hydrogen-bond donors (Lipinski definition) is 1. The number of aromatic nitrogens is 2. The lowest BCUT2D eigenvalue weighted by Crippen LogP contribution is -2.36.